The third-order valence-corrected chi connectivity index (χ3v) is 0. The van der Waals surface area contributed by atoms with Crippen molar-refractivity contribution in [2.45, 2.75) is 6.92 Å². The Morgan fingerprint density at radius 1 is 1.00 bits per heavy atom. The molecule has 11 N–H and O–H groups in total. The van der Waals surface area contributed by atoms with Gasteiger partial charge < -0.3 is 32.5 Å². The molecule has 0 saturated carbocycles. The molecule has 0 rings (SSSR count). The van der Waals surface area contributed by atoms with Crippen LogP contribution in [0.3, 0.4) is 0 Å². The van der Waals surface area contributed by atoms with Crippen molar-refractivity contribution >= 4 is 5.97 Å². The van der Waals surface area contributed by atoms with Gasteiger partial charge in [0.2, 0.25) is 0 Å². The predicted molar refractivity (Wildman–Crippen MR) is 31.4 cm³/mol. The SMILES string of the molecule is CC(=O)O.O.O.O.O.O.[Lu]. The minimum absolute atomic E-state index is 0. The first-order valence-corrected chi connectivity index (χ1v) is 0.928. The molecule has 79 valence electrons. The maximum atomic E-state index is 9.00. The van der Waals surface area contributed by atoms with Gasteiger partial charge in [-0.05, 0) is 0 Å². The van der Waals surface area contributed by atoms with Gasteiger partial charge in [0, 0.05) is 43.8 Å². The first-order chi connectivity index (χ1) is 1.73. The van der Waals surface area contributed by atoms with E-state index in [4.69, 9.17) is 9.90 Å². The minimum Gasteiger partial charge on any atom is -0.481 e. The van der Waals surface area contributed by atoms with E-state index in [-0.39, 0.29) is 64.3 Å². The van der Waals surface area contributed by atoms with E-state index in [1.165, 1.54) is 0 Å². The minimum atomic E-state index is -0.833. The molecule has 0 atom stereocenters. The van der Waals surface area contributed by atoms with E-state index >= 15 is 0 Å². The topological polar surface area (TPSA) is 195 Å². The van der Waals surface area contributed by atoms with Crippen LogP contribution in [0.5, 0.6) is 0 Å². The van der Waals surface area contributed by atoms with Gasteiger partial charge in [-0.15, -0.1) is 0 Å². The van der Waals surface area contributed by atoms with Gasteiger partial charge in [-0.2, -0.15) is 0 Å². The standard InChI is InChI=1S/C2H4O2.Lu.5H2O/c1-2(3)4;;;;;;/h1H3,(H,3,4);;5*1H2. The normalized spacial score (nSPS) is 2.50. The number of hydrogen-bond acceptors (Lipinski definition) is 1. The van der Waals surface area contributed by atoms with Gasteiger partial charge in [0.15, 0.2) is 0 Å². The van der Waals surface area contributed by atoms with E-state index in [9.17, 15) is 0 Å². The second-order valence-corrected chi connectivity index (χ2v) is 0.519. The molecule has 0 spiro atoms. The first-order valence-electron chi connectivity index (χ1n) is 0.928. The van der Waals surface area contributed by atoms with Crippen molar-refractivity contribution in [3.63, 3.8) is 0 Å². The second-order valence-electron chi connectivity index (χ2n) is 0.519. The van der Waals surface area contributed by atoms with Crippen LogP contribution < -0.4 is 0 Å². The molecule has 0 saturated heterocycles. The van der Waals surface area contributed by atoms with Crippen LogP contribution >= 0.6 is 0 Å². The Kier molecular flexibility index (Phi) is 433. The predicted octanol–water partition coefficient (Wildman–Crippen LogP) is -4.03. The molecular formula is C2H14LuO7. The molecule has 0 aliphatic heterocycles. The summed E-state index contributed by atoms with van der Waals surface area (Å²) in [4.78, 5) is 9.00. The molecule has 0 aromatic carbocycles. The third kappa shape index (κ3) is 1890. The fourth-order valence-corrected chi connectivity index (χ4v) is 0. The van der Waals surface area contributed by atoms with Gasteiger partial charge in [-0.3, -0.25) is 4.79 Å². The second kappa shape index (κ2) is 56.0. The number of carboxylic acid groups (broad SMARTS) is 1. The van der Waals surface area contributed by atoms with E-state index in [1.54, 1.807) is 0 Å². The van der Waals surface area contributed by atoms with Crippen molar-refractivity contribution in [2.75, 3.05) is 0 Å². The number of hydrogen-bond donors (Lipinski definition) is 1. The van der Waals surface area contributed by atoms with Crippen LogP contribution in [0.25, 0.3) is 0 Å². The molecule has 8 heteroatoms. The molecule has 0 bridgehead atoms. The van der Waals surface area contributed by atoms with Crippen LogP contribution in [0.1, 0.15) is 6.92 Å². The zero-order chi connectivity index (χ0) is 3.58. The average Bonchev–Trinajstić information content (AvgIpc) is 0.811. The number of carboxylic acids is 1. The van der Waals surface area contributed by atoms with Crippen LogP contribution in [0.2, 0.25) is 0 Å². The summed E-state index contributed by atoms with van der Waals surface area (Å²) in [6.45, 7) is 1.08. The summed E-state index contributed by atoms with van der Waals surface area (Å²) in [5, 5.41) is 7.42. The molecule has 0 aromatic heterocycles. The maximum Gasteiger partial charge on any atom is 0.300 e. The summed E-state index contributed by atoms with van der Waals surface area (Å²) in [6.07, 6.45) is 0. The van der Waals surface area contributed by atoms with Gasteiger partial charge in [0.05, 0.1) is 0 Å². The monoisotopic (exact) mass is 325 g/mol. The van der Waals surface area contributed by atoms with Crippen molar-refractivity contribution in [2.24, 2.45) is 0 Å². The molecule has 0 aromatic rings. The van der Waals surface area contributed by atoms with Gasteiger partial charge in [0.1, 0.15) is 0 Å². The molecular weight excluding hydrogens is 311 g/mol. The Labute approximate surface area is 86.8 Å². The van der Waals surface area contributed by atoms with Crippen LogP contribution in [0.15, 0.2) is 0 Å². The van der Waals surface area contributed by atoms with E-state index in [2.05, 4.69) is 0 Å². The Hall–Kier alpha value is 0.504. The first kappa shape index (κ1) is 77.3. The smallest absolute Gasteiger partial charge is 0.300 e. The molecule has 0 aliphatic carbocycles. The summed E-state index contributed by atoms with van der Waals surface area (Å²) in [6, 6.07) is 0. The summed E-state index contributed by atoms with van der Waals surface area (Å²) < 4.78 is 0. The maximum absolute atomic E-state index is 9.00. The molecule has 0 amide bonds. The molecule has 0 fully saturated rings. The summed E-state index contributed by atoms with van der Waals surface area (Å²) in [5.41, 5.74) is 0. The number of aliphatic carboxylic acids is 1. The quantitative estimate of drug-likeness (QED) is 0.474. The zero-order valence-corrected chi connectivity index (χ0v) is 6.77. The van der Waals surface area contributed by atoms with Crippen molar-refractivity contribution in [3.05, 3.63) is 0 Å². The van der Waals surface area contributed by atoms with Gasteiger partial charge in [-0.1, -0.05) is 0 Å². The van der Waals surface area contributed by atoms with Crippen molar-refractivity contribution in [1.82, 2.24) is 0 Å². The third-order valence-electron chi connectivity index (χ3n) is 0. The largest absolute Gasteiger partial charge is 0.481 e. The Morgan fingerprint density at radius 3 is 1.00 bits per heavy atom. The van der Waals surface area contributed by atoms with E-state index in [1.807, 2.05) is 0 Å². The summed E-state index contributed by atoms with van der Waals surface area (Å²) >= 11 is 0. The molecule has 10 heavy (non-hydrogen) atoms. The van der Waals surface area contributed by atoms with Crippen LogP contribution in [0, 0.1) is 36.9 Å². The zero-order valence-electron chi connectivity index (χ0n) is 5.11. The van der Waals surface area contributed by atoms with E-state index < -0.39 is 5.97 Å². The Morgan fingerprint density at radius 2 is 1.00 bits per heavy atom. The van der Waals surface area contributed by atoms with E-state index in [0.29, 0.717) is 0 Å². The number of carbonyl (C=O) groups is 1. The van der Waals surface area contributed by atoms with Crippen molar-refractivity contribution in [1.29, 1.82) is 0 Å². The fraction of sp³-hybridized carbons (Fsp3) is 0.500. The fourth-order valence-electron chi connectivity index (χ4n) is 0. The Bertz CT molecular complexity index is 34.6. The summed E-state index contributed by atoms with van der Waals surface area (Å²) in [5.74, 6) is -0.833. The van der Waals surface area contributed by atoms with Crippen LogP contribution in [-0.2, 0) is 4.79 Å². The number of rotatable bonds is 0. The molecule has 0 aliphatic rings. The van der Waals surface area contributed by atoms with Crippen molar-refractivity contribution in [3.8, 4) is 0 Å². The molecule has 0 heterocycles. The molecule has 1 radical (unpaired) electrons. The molecule has 7 nitrogen and oxygen atoms in total. The Balaban J connectivity index is -0.00000000300. The van der Waals surface area contributed by atoms with Crippen LogP contribution in [0.4, 0.5) is 0 Å². The van der Waals surface area contributed by atoms with Crippen molar-refractivity contribution < 1.29 is 74.2 Å². The summed E-state index contributed by atoms with van der Waals surface area (Å²) in [7, 11) is 0. The van der Waals surface area contributed by atoms with Gasteiger partial charge >= 0.3 is 0 Å². The van der Waals surface area contributed by atoms with E-state index in [0.717, 1.165) is 6.92 Å². The van der Waals surface area contributed by atoms with Gasteiger partial charge in [0.25, 0.3) is 5.97 Å². The average molecular weight is 325 g/mol. The van der Waals surface area contributed by atoms with Gasteiger partial charge in [-0.25, -0.2) is 0 Å². The van der Waals surface area contributed by atoms with Crippen LogP contribution in [-0.4, -0.2) is 38.5 Å². The molecule has 0 unspecified atom stereocenters.